The molecule has 0 amide bonds. The molecule has 0 spiro atoms. The van der Waals surface area contributed by atoms with Crippen molar-refractivity contribution in [2.75, 3.05) is 5.43 Å². The molecule has 2 aromatic heterocycles. The molecule has 108 valence electrons. The molecular formula is C15H16N4OS. The minimum Gasteiger partial charge on any atom is -0.438 e. The van der Waals surface area contributed by atoms with Crippen LogP contribution >= 0.6 is 11.3 Å². The number of nitrogens with zero attached hydrogens (tertiary/aromatic N) is 2. The highest BCUT2D eigenvalue weighted by atomic mass is 32.1. The van der Waals surface area contributed by atoms with Crippen molar-refractivity contribution in [3.8, 4) is 11.6 Å². The zero-order valence-corrected chi connectivity index (χ0v) is 12.9. The predicted molar refractivity (Wildman–Crippen MR) is 86.0 cm³/mol. The monoisotopic (exact) mass is 300 g/mol. The summed E-state index contributed by atoms with van der Waals surface area (Å²) in [4.78, 5) is 10.7. The average molecular weight is 300 g/mol. The fourth-order valence-electron chi connectivity index (χ4n) is 2.18. The maximum absolute atomic E-state index is 5.99. The number of benzene rings is 1. The van der Waals surface area contributed by atoms with Crippen molar-refractivity contribution in [1.29, 1.82) is 0 Å². The summed E-state index contributed by atoms with van der Waals surface area (Å²) >= 11 is 1.59. The van der Waals surface area contributed by atoms with Crippen LogP contribution in [-0.4, -0.2) is 9.97 Å². The largest absolute Gasteiger partial charge is 0.438 e. The Morgan fingerprint density at radius 2 is 1.95 bits per heavy atom. The number of nitrogens with two attached hydrogens (primary N) is 1. The third kappa shape index (κ3) is 2.68. The molecule has 3 rings (SSSR count). The first kappa shape index (κ1) is 13.8. The lowest BCUT2D eigenvalue weighted by Gasteiger charge is -2.10. The zero-order valence-electron chi connectivity index (χ0n) is 12.1. The summed E-state index contributed by atoms with van der Waals surface area (Å²) in [6.45, 7) is 6.10. The normalized spacial score (nSPS) is 10.9. The first-order valence-corrected chi connectivity index (χ1v) is 7.38. The van der Waals surface area contributed by atoms with Gasteiger partial charge in [0.2, 0.25) is 11.8 Å². The van der Waals surface area contributed by atoms with Crippen molar-refractivity contribution in [2.45, 2.75) is 20.8 Å². The predicted octanol–water partition coefficient (Wildman–Crippen LogP) is 3.69. The van der Waals surface area contributed by atoms with Crippen LogP contribution in [0.5, 0.6) is 11.6 Å². The Labute approximate surface area is 126 Å². The SMILES string of the molecule is Cc1ccc(Oc2nc(NN)nc3sc(C)cc23)c(C)c1. The van der Waals surface area contributed by atoms with Crippen molar-refractivity contribution in [3.63, 3.8) is 0 Å². The van der Waals surface area contributed by atoms with Crippen LogP contribution in [0.3, 0.4) is 0 Å². The van der Waals surface area contributed by atoms with E-state index < -0.39 is 0 Å². The zero-order chi connectivity index (χ0) is 15.0. The van der Waals surface area contributed by atoms with E-state index in [0.717, 1.165) is 26.4 Å². The summed E-state index contributed by atoms with van der Waals surface area (Å²) in [5.41, 5.74) is 4.75. The highest BCUT2D eigenvalue weighted by Crippen LogP contribution is 2.34. The number of anilines is 1. The number of thiophene rings is 1. The van der Waals surface area contributed by atoms with Crippen molar-refractivity contribution in [3.05, 3.63) is 40.3 Å². The van der Waals surface area contributed by atoms with Gasteiger partial charge < -0.3 is 4.74 Å². The Kier molecular flexibility index (Phi) is 3.48. The Morgan fingerprint density at radius 1 is 1.14 bits per heavy atom. The van der Waals surface area contributed by atoms with Gasteiger partial charge in [-0.1, -0.05) is 17.7 Å². The van der Waals surface area contributed by atoms with Gasteiger partial charge in [0.1, 0.15) is 10.6 Å². The Morgan fingerprint density at radius 3 is 2.67 bits per heavy atom. The van der Waals surface area contributed by atoms with Crippen LogP contribution in [0.2, 0.25) is 0 Å². The molecule has 0 unspecified atom stereocenters. The number of hydrogen-bond donors (Lipinski definition) is 2. The van der Waals surface area contributed by atoms with Gasteiger partial charge in [0.05, 0.1) is 5.39 Å². The molecule has 3 aromatic rings. The number of nitrogen functional groups attached to an aromatic ring is 1. The summed E-state index contributed by atoms with van der Waals surface area (Å²) in [7, 11) is 0. The molecule has 0 fully saturated rings. The molecule has 0 bridgehead atoms. The maximum Gasteiger partial charge on any atom is 0.241 e. The van der Waals surface area contributed by atoms with Gasteiger partial charge in [-0.3, -0.25) is 5.43 Å². The van der Waals surface area contributed by atoms with E-state index in [9.17, 15) is 0 Å². The van der Waals surface area contributed by atoms with Gasteiger partial charge in [-0.05, 0) is 38.5 Å². The van der Waals surface area contributed by atoms with E-state index >= 15 is 0 Å². The van der Waals surface area contributed by atoms with Gasteiger partial charge in [0, 0.05) is 4.88 Å². The highest BCUT2D eigenvalue weighted by molar-refractivity contribution is 7.18. The van der Waals surface area contributed by atoms with Crippen LogP contribution < -0.4 is 16.0 Å². The number of rotatable bonds is 3. The van der Waals surface area contributed by atoms with Gasteiger partial charge in [-0.25, -0.2) is 10.8 Å². The molecular weight excluding hydrogens is 284 g/mol. The number of ether oxygens (including phenoxy) is 1. The summed E-state index contributed by atoms with van der Waals surface area (Å²) in [5.74, 6) is 7.09. The van der Waals surface area contributed by atoms with Gasteiger partial charge in [0.25, 0.3) is 0 Å². The number of nitrogens with one attached hydrogen (secondary N) is 1. The molecule has 21 heavy (non-hydrogen) atoms. The average Bonchev–Trinajstić information content (AvgIpc) is 2.82. The smallest absolute Gasteiger partial charge is 0.241 e. The van der Waals surface area contributed by atoms with Gasteiger partial charge in [0.15, 0.2) is 0 Å². The number of fused-ring (bicyclic) bond motifs is 1. The third-order valence-electron chi connectivity index (χ3n) is 3.15. The fraction of sp³-hybridized carbons (Fsp3) is 0.200. The fourth-order valence-corrected chi connectivity index (χ4v) is 3.05. The van der Waals surface area contributed by atoms with Crippen LogP contribution in [0.1, 0.15) is 16.0 Å². The maximum atomic E-state index is 5.99. The molecule has 1 aromatic carbocycles. The van der Waals surface area contributed by atoms with Crippen LogP contribution in [0.4, 0.5) is 5.95 Å². The quantitative estimate of drug-likeness (QED) is 0.570. The van der Waals surface area contributed by atoms with Crippen molar-refractivity contribution in [1.82, 2.24) is 9.97 Å². The van der Waals surface area contributed by atoms with Crippen LogP contribution in [0.25, 0.3) is 10.2 Å². The Hall–Kier alpha value is -2.18. The molecule has 2 heterocycles. The van der Waals surface area contributed by atoms with Gasteiger partial charge in [-0.2, -0.15) is 4.98 Å². The van der Waals surface area contributed by atoms with E-state index in [1.165, 1.54) is 5.56 Å². The summed E-state index contributed by atoms with van der Waals surface area (Å²) in [5, 5.41) is 0.900. The number of hydrazine groups is 1. The number of aromatic nitrogens is 2. The first-order chi connectivity index (χ1) is 10.1. The molecule has 0 radical (unpaired) electrons. The topological polar surface area (TPSA) is 73.1 Å². The van der Waals surface area contributed by atoms with E-state index in [0.29, 0.717) is 11.8 Å². The molecule has 5 nitrogen and oxygen atoms in total. The lowest BCUT2D eigenvalue weighted by atomic mass is 10.1. The Balaban J connectivity index is 2.10. The number of hydrogen-bond acceptors (Lipinski definition) is 6. The first-order valence-electron chi connectivity index (χ1n) is 6.56. The summed E-state index contributed by atoms with van der Waals surface area (Å²) < 4.78 is 5.99. The summed E-state index contributed by atoms with van der Waals surface area (Å²) in [6, 6.07) is 8.07. The highest BCUT2D eigenvalue weighted by Gasteiger charge is 2.13. The standard InChI is InChI=1S/C15H16N4OS/c1-8-4-5-12(9(2)6-8)20-13-11-7-10(3)21-14(11)18-15(17-13)19-16/h4-7H,16H2,1-3H3,(H,17,18,19). The number of aryl methyl sites for hydroxylation is 3. The molecule has 6 heteroatoms. The van der Waals surface area contributed by atoms with E-state index in [1.807, 2.05) is 32.0 Å². The second-order valence-electron chi connectivity index (χ2n) is 4.94. The molecule has 0 saturated heterocycles. The molecule has 0 saturated carbocycles. The van der Waals surface area contributed by atoms with Gasteiger partial charge in [-0.15, -0.1) is 11.3 Å². The van der Waals surface area contributed by atoms with E-state index in [4.69, 9.17) is 10.6 Å². The van der Waals surface area contributed by atoms with Crippen molar-refractivity contribution >= 4 is 27.5 Å². The second-order valence-corrected chi connectivity index (χ2v) is 6.18. The van der Waals surface area contributed by atoms with Crippen LogP contribution in [0, 0.1) is 20.8 Å². The second kappa shape index (κ2) is 5.31. The molecule has 0 aliphatic heterocycles. The minimum atomic E-state index is 0.351. The molecule has 0 atom stereocenters. The van der Waals surface area contributed by atoms with Crippen molar-refractivity contribution in [2.24, 2.45) is 5.84 Å². The van der Waals surface area contributed by atoms with E-state index in [2.05, 4.69) is 28.4 Å². The van der Waals surface area contributed by atoms with Crippen LogP contribution in [0.15, 0.2) is 24.3 Å². The lowest BCUT2D eigenvalue weighted by Crippen LogP contribution is -2.10. The van der Waals surface area contributed by atoms with E-state index in [1.54, 1.807) is 11.3 Å². The van der Waals surface area contributed by atoms with Crippen LogP contribution in [-0.2, 0) is 0 Å². The lowest BCUT2D eigenvalue weighted by molar-refractivity contribution is 0.465. The summed E-state index contributed by atoms with van der Waals surface area (Å²) in [6.07, 6.45) is 0. The van der Waals surface area contributed by atoms with E-state index in [-0.39, 0.29) is 0 Å². The Bertz CT molecular complexity index is 813. The minimum absolute atomic E-state index is 0.351. The third-order valence-corrected chi connectivity index (χ3v) is 4.09. The molecule has 0 aliphatic rings. The van der Waals surface area contributed by atoms with Gasteiger partial charge >= 0.3 is 0 Å². The van der Waals surface area contributed by atoms with Crippen molar-refractivity contribution < 1.29 is 4.74 Å². The molecule has 0 aliphatic carbocycles. The molecule has 3 N–H and O–H groups in total.